The van der Waals surface area contributed by atoms with Gasteiger partial charge in [0.25, 0.3) is 0 Å². The average Bonchev–Trinajstić information content (AvgIpc) is 2.45. The van der Waals surface area contributed by atoms with E-state index >= 15 is 0 Å². The number of hydrogen-bond acceptors (Lipinski definition) is 3. The smallest absolute Gasteiger partial charge is 0.343 e. The van der Waals surface area contributed by atoms with Gasteiger partial charge in [0.1, 0.15) is 5.75 Å². The predicted molar refractivity (Wildman–Crippen MR) is 75.8 cm³/mol. The highest BCUT2D eigenvalue weighted by Gasteiger charge is 2.13. The third kappa shape index (κ3) is 3.31. The highest BCUT2D eigenvalue weighted by molar-refractivity contribution is 6.30. The van der Waals surface area contributed by atoms with Crippen LogP contribution in [0.2, 0.25) is 0 Å². The molecule has 0 spiro atoms. The Kier molecular flexibility index (Phi) is 4.43. The summed E-state index contributed by atoms with van der Waals surface area (Å²) in [5.74, 6) is -1.11. The van der Waals surface area contributed by atoms with Crippen molar-refractivity contribution in [3.63, 3.8) is 0 Å². The Morgan fingerprint density at radius 2 is 1.90 bits per heavy atom. The molecule has 21 heavy (non-hydrogen) atoms. The summed E-state index contributed by atoms with van der Waals surface area (Å²) in [5.41, 5.74) is -0.326. The van der Waals surface area contributed by atoms with E-state index in [2.05, 4.69) is 0 Å². The molecule has 0 N–H and O–H groups in total. The fourth-order valence-electron chi connectivity index (χ4n) is 1.71. The van der Waals surface area contributed by atoms with E-state index in [0.29, 0.717) is 10.8 Å². The highest BCUT2D eigenvalue weighted by Crippen LogP contribution is 2.28. The Balaban J connectivity index is 2.37. The van der Waals surface area contributed by atoms with E-state index in [1.54, 1.807) is 6.07 Å². The van der Waals surface area contributed by atoms with Gasteiger partial charge in [-0.25, -0.2) is 9.18 Å². The minimum atomic E-state index is -1.12. The third-order valence-corrected chi connectivity index (χ3v) is 3.17. The van der Waals surface area contributed by atoms with Crippen molar-refractivity contribution in [2.45, 2.75) is 6.92 Å². The summed E-state index contributed by atoms with van der Waals surface area (Å²) in [6, 6.07) is 7.37. The molecule has 3 nitrogen and oxygen atoms in total. The van der Waals surface area contributed by atoms with E-state index in [-0.39, 0.29) is 17.1 Å². The summed E-state index contributed by atoms with van der Waals surface area (Å²) in [4.78, 5) is 11.6. The molecule has 0 atom stereocenters. The number of carbonyl (C=O) groups is 1. The lowest BCUT2D eigenvalue weighted by Gasteiger charge is -2.08. The van der Waals surface area contributed by atoms with E-state index in [0.717, 1.165) is 0 Å². The van der Waals surface area contributed by atoms with Crippen molar-refractivity contribution in [3.05, 3.63) is 47.0 Å². The number of esters is 1. The van der Waals surface area contributed by atoms with Crippen molar-refractivity contribution in [1.82, 2.24) is 0 Å². The first kappa shape index (κ1) is 15.3. The van der Waals surface area contributed by atoms with Crippen LogP contribution in [0.1, 0.15) is 6.92 Å². The number of carbonyl (C=O) groups excluding carboxylic acids is 1. The van der Waals surface area contributed by atoms with Crippen LogP contribution in [0.25, 0.3) is 10.8 Å². The maximum atomic E-state index is 13.6. The number of methoxy groups -OCH3 is 1. The molecular formula is C15H11ClF2O3. The van der Waals surface area contributed by atoms with Crippen LogP contribution in [0, 0.1) is 5.82 Å². The average molecular weight is 313 g/mol. The molecule has 0 saturated heterocycles. The lowest BCUT2D eigenvalue weighted by Crippen LogP contribution is -2.09. The fourth-order valence-corrected chi connectivity index (χ4v) is 1.78. The second kappa shape index (κ2) is 6.10. The lowest BCUT2D eigenvalue weighted by molar-refractivity contribution is -0.130. The first-order valence-corrected chi connectivity index (χ1v) is 6.31. The van der Waals surface area contributed by atoms with Gasteiger partial charge >= 0.3 is 5.97 Å². The molecule has 0 amide bonds. The van der Waals surface area contributed by atoms with Crippen LogP contribution in [-0.2, 0) is 4.79 Å². The van der Waals surface area contributed by atoms with Crippen LogP contribution < -0.4 is 9.47 Å². The number of fused-ring (bicyclic) bond motifs is 1. The van der Waals surface area contributed by atoms with Gasteiger partial charge < -0.3 is 9.47 Å². The van der Waals surface area contributed by atoms with Crippen molar-refractivity contribution >= 4 is 28.3 Å². The summed E-state index contributed by atoms with van der Waals surface area (Å²) in [5, 5.41) is 0.111. The summed E-state index contributed by atoms with van der Waals surface area (Å²) in [6.45, 7) is 1.21. The van der Waals surface area contributed by atoms with Crippen molar-refractivity contribution in [3.8, 4) is 11.5 Å². The monoisotopic (exact) mass is 312 g/mol. The van der Waals surface area contributed by atoms with Crippen molar-refractivity contribution < 1.29 is 23.0 Å². The Morgan fingerprint density at radius 3 is 2.52 bits per heavy atom. The van der Waals surface area contributed by atoms with E-state index in [4.69, 9.17) is 21.1 Å². The first-order valence-electron chi connectivity index (χ1n) is 5.93. The largest absolute Gasteiger partial charge is 0.494 e. The predicted octanol–water partition coefficient (Wildman–Crippen LogP) is 4.33. The third-order valence-electron chi connectivity index (χ3n) is 2.88. The summed E-state index contributed by atoms with van der Waals surface area (Å²) >= 11 is 5.10. The second-order valence-electron chi connectivity index (χ2n) is 4.27. The normalized spacial score (nSPS) is 12.0. The quantitative estimate of drug-likeness (QED) is 0.480. The Hall–Kier alpha value is -2.14. The Labute approximate surface area is 124 Å². The molecule has 0 heterocycles. The zero-order valence-corrected chi connectivity index (χ0v) is 12.0. The van der Waals surface area contributed by atoms with Crippen LogP contribution in [0.5, 0.6) is 11.5 Å². The zero-order chi connectivity index (χ0) is 15.6. The van der Waals surface area contributed by atoms with Crippen LogP contribution in [0.3, 0.4) is 0 Å². The number of rotatable bonds is 3. The SMILES string of the molecule is COc1cc2cc(OC(=O)C(C)=C(F)Cl)ccc2cc1F. The minimum Gasteiger partial charge on any atom is -0.494 e. The van der Waals surface area contributed by atoms with Crippen LogP contribution in [0.15, 0.2) is 41.2 Å². The fraction of sp³-hybridized carbons (Fsp3) is 0.133. The molecule has 0 fully saturated rings. The summed E-state index contributed by atoms with van der Waals surface area (Å²) < 4.78 is 36.2. The van der Waals surface area contributed by atoms with Crippen LogP contribution in [-0.4, -0.2) is 13.1 Å². The molecular weight excluding hydrogens is 302 g/mol. The standard InChI is InChI=1S/C15H11ClF2O3/c1-8(14(16)18)15(19)21-11-4-3-9-6-12(17)13(20-2)7-10(9)5-11/h3-7H,1-2H3. The van der Waals surface area contributed by atoms with Gasteiger partial charge in [0.15, 0.2) is 16.9 Å². The molecule has 0 aliphatic rings. The molecule has 2 rings (SSSR count). The van der Waals surface area contributed by atoms with Gasteiger partial charge in [-0.15, -0.1) is 0 Å². The summed E-state index contributed by atoms with van der Waals surface area (Å²) in [6.07, 6.45) is 0. The highest BCUT2D eigenvalue weighted by atomic mass is 35.5. The van der Waals surface area contributed by atoms with Gasteiger partial charge in [0.05, 0.1) is 12.7 Å². The van der Waals surface area contributed by atoms with Gasteiger partial charge in [0.2, 0.25) is 0 Å². The molecule has 110 valence electrons. The van der Waals surface area contributed by atoms with Gasteiger partial charge in [-0.2, -0.15) is 4.39 Å². The number of hydrogen-bond donors (Lipinski definition) is 0. The first-order chi connectivity index (χ1) is 9.92. The molecule has 2 aromatic rings. The molecule has 0 aromatic heterocycles. The zero-order valence-electron chi connectivity index (χ0n) is 11.2. The maximum Gasteiger partial charge on any atom is 0.343 e. The van der Waals surface area contributed by atoms with Crippen molar-refractivity contribution in [1.29, 1.82) is 0 Å². The lowest BCUT2D eigenvalue weighted by atomic mass is 10.1. The summed E-state index contributed by atoms with van der Waals surface area (Å²) in [7, 11) is 1.35. The topological polar surface area (TPSA) is 35.5 Å². The van der Waals surface area contributed by atoms with E-state index in [1.807, 2.05) is 0 Å². The van der Waals surface area contributed by atoms with Crippen molar-refractivity contribution in [2.75, 3.05) is 7.11 Å². The van der Waals surface area contributed by atoms with Gasteiger partial charge in [-0.05, 0) is 42.0 Å². The van der Waals surface area contributed by atoms with Crippen molar-refractivity contribution in [2.24, 2.45) is 0 Å². The number of ether oxygens (including phenoxy) is 2. The Morgan fingerprint density at radius 1 is 1.19 bits per heavy atom. The number of halogens is 3. The van der Waals surface area contributed by atoms with E-state index in [9.17, 15) is 13.6 Å². The van der Waals surface area contributed by atoms with Gasteiger partial charge in [0, 0.05) is 0 Å². The molecule has 0 saturated carbocycles. The molecule has 0 bridgehead atoms. The molecule has 0 unspecified atom stereocenters. The molecule has 0 radical (unpaired) electrons. The van der Waals surface area contributed by atoms with Gasteiger partial charge in [-0.3, -0.25) is 0 Å². The molecule has 0 aliphatic heterocycles. The van der Waals surface area contributed by atoms with Crippen LogP contribution in [0.4, 0.5) is 8.78 Å². The molecule has 6 heteroatoms. The second-order valence-corrected chi connectivity index (χ2v) is 4.60. The van der Waals surface area contributed by atoms with E-state index < -0.39 is 17.1 Å². The van der Waals surface area contributed by atoms with E-state index in [1.165, 1.54) is 38.3 Å². The van der Waals surface area contributed by atoms with Gasteiger partial charge in [-0.1, -0.05) is 17.7 Å². The Bertz CT molecular complexity index is 737. The molecule has 2 aromatic carbocycles. The maximum absolute atomic E-state index is 13.6. The van der Waals surface area contributed by atoms with Crippen LogP contribution >= 0.6 is 11.6 Å². The molecule has 0 aliphatic carbocycles. The number of benzene rings is 2. The minimum absolute atomic E-state index is 0.0776.